The normalized spacial score (nSPS) is 33.4. The molecule has 0 amide bonds. The lowest BCUT2D eigenvalue weighted by Crippen LogP contribution is -2.56. The van der Waals surface area contributed by atoms with Gasteiger partial charge < -0.3 is 10.2 Å². The van der Waals surface area contributed by atoms with Crippen LogP contribution in [0, 0.1) is 0 Å². The third-order valence-electron chi connectivity index (χ3n) is 3.03. The van der Waals surface area contributed by atoms with Crippen molar-refractivity contribution in [1.82, 2.24) is 10.2 Å². The van der Waals surface area contributed by atoms with Gasteiger partial charge in [-0.05, 0) is 54.1 Å². The van der Waals surface area contributed by atoms with Crippen LogP contribution in [-0.4, -0.2) is 42.8 Å². The van der Waals surface area contributed by atoms with Crippen LogP contribution >= 0.6 is 0 Å². The highest BCUT2D eigenvalue weighted by Gasteiger charge is 2.33. The number of hydrogen-bond acceptors (Lipinski definition) is 2. The largest absolute Gasteiger partial charge is 0.308 e. The molecule has 0 aromatic carbocycles. The Hall–Kier alpha value is -0.150. The summed E-state index contributed by atoms with van der Waals surface area (Å²) >= 11 is 0. The molecule has 0 heterocycles. The van der Waals surface area contributed by atoms with Crippen molar-refractivity contribution in [3.63, 3.8) is 0 Å². The maximum Gasteiger partial charge on any atom is 0.102 e. The molecule has 3 atom stereocenters. The highest BCUT2D eigenvalue weighted by atomic mass is 19.1. The fourth-order valence-corrected chi connectivity index (χ4v) is 2.43. The molecule has 0 spiro atoms. The number of likely N-dealkylation sites (N-methyl/N-ethyl adjacent to an activating group) is 1. The van der Waals surface area contributed by atoms with E-state index in [0.717, 1.165) is 6.42 Å². The molecule has 1 unspecified atom stereocenters. The van der Waals surface area contributed by atoms with Gasteiger partial charge in [0.1, 0.15) is 6.17 Å². The van der Waals surface area contributed by atoms with Crippen LogP contribution in [0.5, 0.6) is 0 Å². The topological polar surface area (TPSA) is 15.3 Å². The van der Waals surface area contributed by atoms with Gasteiger partial charge in [0.05, 0.1) is 0 Å². The maximum absolute atomic E-state index is 13.4. The van der Waals surface area contributed by atoms with Gasteiger partial charge >= 0.3 is 0 Å². The molecule has 0 radical (unpaired) electrons. The summed E-state index contributed by atoms with van der Waals surface area (Å²) in [7, 11) is 4.17. The number of hydrogen-bond donors (Lipinski definition) is 1. The first-order valence-corrected chi connectivity index (χ1v) is 5.88. The van der Waals surface area contributed by atoms with E-state index in [4.69, 9.17) is 0 Å². The van der Waals surface area contributed by atoms with Gasteiger partial charge in [0, 0.05) is 17.6 Å². The molecule has 15 heavy (non-hydrogen) atoms. The van der Waals surface area contributed by atoms with Crippen LogP contribution < -0.4 is 5.32 Å². The van der Waals surface area contributed by atoms with Crippen LogP contribution in [0.3, 0.4) is 0 Å². The average molecular weight is 216 g/mol. The molecule has 1 aliphatic carbocycles. The number of alkyl halides is 1. The molecule has 2 nitrogen and oxygen atoms in total. The molecule has 0 saturated heterocycles. The van der Waals surface area contributed by atoms with E-state index in [1.54, 1.807) is 0 Å². The third kappa shape index (κ3) is 4.07. The second-order valence-corrected chi connectivity index (χ2v) is 5.94. The van der Waals surface area contributed by atoms with Gasteiger partial charge in [0.15, 0.2) is 0 Å². The molecule has 1 fully saturated rings. The van der Waals surface area contributed by atoms with Crippen LogP contribution in [-0.2, 0) is 0 Å². The van der Waals surface area contributed by atoms with E-state index < -0.39 is 6.17 Å². The lowest BCUT2D eigenvalue weighted by atomic mass is 9.87. The molecule has 0 aromatic rings. The Bertz CT molecular complexity index is 198. The standard InChI is InChI=1S/C12H25FN2/c1-12(2,3)14-10-8-9(13)6-7-11(10)15(4)5/h9-11,14H,6-8H2,1-5H3/t9?,10-,11-/m0/s1. The summed E-state index contributed by atoms with van der Waals surface area (Å²) in [6.07, 6.45) is 1.70. The first kappa shape index (κ1) is 12.9. The predicted molar refractivity (Wildman–Crippen MR) is 62.9 cm³/mol. The molecule has 1 saturated carbocycles. The minimum absolute atomic E-state index is 0.0655. The van der Waals surface area contributed by atoms with E-state index in [1.807, 2.05) is 0 Å². The molecule has 3 heteroatoms. The predicted octanol–water partition coefficient (Wildman–Crippen LogP) is 2.20. The molecule has 1 N–H and O–H groups in total. The molecular formula is C12H25FN2. The van der Waals surface area contributed by atoms with Gasteiger partial charge in [-0.1, -0.05) is 0 Å². The number of nitrogens with one attached hydrogen (secondary N) is 1. The van der Waals surface area contributed by atoms with Crippen LogP contribution in [0.15, 0.2) is 0 Å². The van der Waals surface area contributed by atoms with E-state index in [-0.39, 0.29) is 11.6 Å². The van der Waals surface area contributed by atoms with Crippen molar-refractivity contribution >= 4 is 0 Å². The van der Waals surface area contributed by atoms with E-state index in [2.05, 4.69) is 45.1 Å². The number of nitrogens with zero attached hydrogens (tertiary/aromatic N) is 1. The Balaban J connectivity index is 2.62. The molecule has 0 aliphatic heterocycles. The second kappa shape index (κ2) is 4.79. The lowest BCUT2D eigenvalue weighted by molar-refractivity contribution is 0.106. The van der Waals surface area contributed by atoms with Crippen molar-refractivity contribution < 1.29 is 4.39 Å². The lowest BCUT2D eigenvalue weighted by Gasteiger charge is -2.41. The summed E-state index contributed by atoms with van der Waals surface area (Å²) in [4.78, 5) is 2.22. The van der Waals surface area contributed by atoms with Crippen molar-refractivity contribution in [2.75, 3.05) is 14.1 Å². The zero-order valence-corrected chi connectivity index (χ0v) is 10.7. The van der Waals surface area contributed by atoms with E-state index >= 15 is 0 Å². The van der Waals surface area contributed by atoms with Gasteiger partial charge in [0.25, 0.3) is 0 Å². The first-order valence-electron chi connectivity index (χ1n) is 5.88. The summed E-state index contributed by atoms with van der Waals surface area (Å²) in [5, 5.41) is 3.54. The smallest absolute Gasteiger partial charge is 0.102 e. The van der Waals surface area contributed by atoms with Crippen molar-refractivity contribution in [2.45, 2.75) is 63.8 Å². The van der Waals surface area contributed by atoms with Gasteiger partial charge in [-0.15, -0.1) is 0 Å². The SMILES string of the molecule is CN(C)[C@H]1CCC(F)C[C@@H]1NC(C)(C)C. The summed E-state index contributed by atoms with van der Waals surface area (Å²) in [6.45, 7) is 6.42. The van der Waals surface area contributed by atoms with Crippen molar-refractivity contribution in [2.24, 2.45) is 0 Å². The average Bonchev–Trinajstić information content (AvgIpc) is 1.99. The minimum Gasteiger partial charge on any atom is -0.308 e. The van der Waals surface area contributed by atoms with Crippen molar-refractivity contribution in [1.29, 1.82) is 0 Å². The molecule has 90 valence electrons. The molecule has 1 aliphatic rings. The maximum atomic E-state index is 13.4. The fraction of sp³-hybridized carbons (Fsp3) is 1.00. The molecule has 1 rings (SSSR count). The Kier molecular flexibility index (Phi) is 4.13. The molecule has 0 bridgehead atoms. The van der Waals surface area contributed by atoms with Crippen LogP contribution in [0.2, 0.25) is 0 Å². The fourth-order valence-electron chi connectivity index (χ4n) is 2.43. The van der Waals surface area contributed by atoms with Gasteiger partial charge in [-0.2, -0.15) is 0 Å². The summed E-state index contributed by atoms with van der Waals surface area (Å²) in [5.74, 6) is 0. The Labute approximate surface area is 93.2 Å². The summed E-state index contributed by atoms with van der Waals surface area (Å²) in [5.41, 5.74) is 0.0655. The monoisotopic (exact) mass is 216 g/mol. The molecule has 0 aromatic heterocycles. The van der Waals surface area contributed by atoms with Crippen molar-refractivity contribution in [3.05, 3.63) is 0 Å². The van der Waals surface area contributed by atoms with Crippen molar-refractivity contribution in [3.8, 4) is 0 Å². The van der Waals surface area contributed by atoms with E-state index in [0.29, 0.717) is 18.9 Å². The van der Waals surface area contributed by atoms with E-state index in [9.17, 15) is 4.39 Å². The first-order chi connectivity index (χ1) is 6.79. The zero-order valence-electron chi connectivity index (χ0n) is 10.7. The Morgan fingerprint density at radius 1 is 1.20 bits per heavy atom. The Morgan fingerprint density at radius 3 is 2.27 bits per heavy atom. The van der Waals surface area contributed by atoms with E-state index in [1.165, 1.54) is 0 Å². The second-order valence-electron chi connectivity index (χ2n) is 5.94. The highest BCUT2D eigenvalue weighted by molar-refractivity contribution is 4.92. The van der Waals surface area contributed by atoms with Crippen LogP contribution in [0.4, 0.5) is 4.39 Å². The Morgan fingerprint density at radius 2 is 1.80 bits per heavy atom. The van der Waals surface area contributed by atoms with Gasteiger partial charge in [0.2, 0.25) is 0 Å². The van der Waals surface area contributed by atoms with Crippen LogP contribution in [0.1, 0.15) is 40.0 Å². The van der Waals surface area contributed by atoms with Gasteiger partial charge in [-0.3, -0.25) is 0 Å². The third-order valence-corrected chi connectivity index (χ3v) is 3.03. The molecular weight excluding hydrogens is 191 g/mol. The summed E-state index contributed by atoms with van der Waals surface area (Å²) in [6, 6.07) is 0.750. The van der Waals surface area contributed by atoms with Crippen LogP contribution in [0.25, 0.3) is 0 Å². The van der Waals surface area contributed by atoms with Gasteiger partial charge in [-0.25, -0.2) is 4.39 Å². The highest BCUT2D eigenvalue weighted by Crippen LogP contribution is 2.25. The number of rotatable bonds is 2. The number of halogens is 1. The zero-order chi connectivity index (χ0) is 11.6. The minimum atomic E-state index is -0.624. The summed E-state index contributed by atoms with van der Waals surface area (Å²) < 4.78 is 13.4. The quantitative estimate of drug-likeness (QED) is 0.761.